The normalized spacial score (nSPS) is 13.8. The van der Waals surface area contributed by atoms with E-state index < -0.39 is 5.97 Å². The Morgan fingerprint density at radius 3 is 1.78 bits per heavy atom. The molecule has 0 aliphatic carbocycles. The van der Waals surface area contributed by atoms with Crippen LogP contribution >= 0.6 is 15.9 Å². The SMILES string of the molecule is CC.CCC.CCC(=O)O.CCC(C)C(CC(C)=O)C(C(C)CC)N(C)C(=O)CNC(=O)C(C(C)C)N(C)C.CCC(C)CCCC(C)C(OC)C(C)C(=O)N(C)CCc1cccc(NC(=O)CNC(=O)C(C)NC)c1.O=CCNC(=O)c1cnc(CBr)nc1. The average Bonchev–Trinajstić information content (AvgIpc) is 1.46. The van der Waals surface area contributed by atoms with Gasteiger partial charge in [-0.15, -0.1) is 0 Å². The molecule has 1 aromatic heterocycles. The van der Waals surface area contributed by atoms with Crippen molar-refractivity contribution in [1.82, 2.24) is 45.9 Å². The summed E-state index contributed by atoms with van der Waals surface area (Å²) < 4.78 is 5.78. The summed E-state index contributed by atoms with van der Waals surface area (Å²) in [5, 5.41) is 21.7. The standard InChI is InChI=1S/C29H50N4O4.C23H45N3O3.C8H8BrN3O2.C3H6O2.C3H8.C2H6/c1-9-20(2)12-10-13-21(3)27(37-8)22(4)29(36)33(7)17-16-24-14-11-15-25(18-24)32-26(34)19-31-28(35)23(5)30-6;1-11-16(5)19(13-18(7)27)22(17(6)12-2)26(10)20(28)14-24-23(29)21(15(3)4)25(8)9;9-3-7-11-4-6(5-12-7)8(14)10-1-2-13;1-2-3(4)5;1-3-2;1-2/h11,14-15,18,20-23,27,30H,9-10,12-13,16-17,19H2,1-8H3,(H,31,35)(H,32,34);15-17,19,21-22H,11-14H2,1-10H3,(H,24,29);2,4-5H,1,3H2,(H,10,14);2H2,1H3,(H,4,5);3H2,1-2H3;1-2H3. The number of halogens is 1. The molecule has 0 saturated heterocycles. The number of alkyl halides is 1. The molecule has 10 atom stereocenters. The first-order chi connectivity index (χ1) is 42.4. The van der Waals surface area contributed by atoms with Gasteiger partial charge >= 0.3 is 5.97 Å². The van der Waals surface area contributed by atoms with Crippen LogP contribution in [0, 0.1) is 41.4 Å². The summed E-state index contributed by atoms with van der Waals surface area (Å²) in [5.41, 5.74) is 2.02. The van der Waals surface area contributed by atoms with Crippen molar-refractivity contribution in [2.75, 3.05) is 73.8 Å². The number of amides is 6. The summed E-state index contributed by atoms with van der Waals surface area (Å²) in [7, 11) is 10.8. The third kappa shape index (κ3) is 39.5. The van der Waals surface area contributed by atoms with E-state index in [9.17, 15) is 43.2 Å². The number of nitrogens with one attached hydrogen (secondary N) is 5. The average molecular weight is 1340 g/mol. The lowest BCUT2D eigenvalue weighted by molar-refractivity contribution is -0.140. The zero-order valence-corrected chi connectivity index (χ0v) is 61.2. The minimum Gasteiger partial charge on any atom is -0.481 e. The Bertz CT molecular complexity index is 2300. The van der Waals surface area contributed by atoms with Crippen LogP contribution in [-0.4, -0.2) is 176 Å². The zero-order chi connectivity index (χ0) is 70.2. The number of carboxylic acid groups (broad SMARTS) is 1. The highest BCUT2D eigenvalue weighted by atomic mass is 79.9. The number of benzene rings is 1. The summed E-state index contributed by atoms with van der Waals surface area (Å²) in [4.78, 5) is 119. The van der Waals surface area contributed by atoms with Crippen molar-refractivity contribution in [3.05, 3.63) is 53.6 Å². The number of aldehydes is 1. The molecule has 0 fully saturated rings. The molecule has 518 valence electrons. The van der Waals surface area contributed by atoms with Gasteiger partial charge in [0, 0.05) is 64.7 Å². The summed E-state index contributed by atoms with van der Waals surface area (Å²) >= 11 is 3.19. The Balaban J connectivity index is -0.000000612. The number of ether oxygens (including phenoxy) is 1. The monoisotopic (exact) mass is 1330 g/mol. The van der Waals surface area contributed by atoms with Gasteiger partial charge in [0.2, 0.25) is 29.5 Å². The van der Waals surface area contributed by atoms with E-state index in [-0.39, 0.29) is 115 Å². The molecule has 1 heterocycles. The maximum absolute atomic E-state index is 13.2. The number of nitrogens with zero attached hydrogens (tertiary/aromatic N) is 5. The van der Waals surface area contributed by atoms with Crippen LogP contribution in [0.1, 0.15) is 197 Å². The molecule has 22 heteroatoms. The van der Waals surface area contributed by atoms with Crippen LogP contribution in [0.3, 0.4) is 0 Å². The predicted molar refractivity (Wildman–Crippen MR) is 368 cm³/mol. The number of carbonyl (C=O) groups is 9. The highest BCUT2D eigenvalue weighted by Gasteiger charge is 2.36. The third-order valence-corrected chi connectivity index (χ3v) is 15.9. The first kappa shape index (κ1) is 90.7. The van der Waals surface area contributed by atoms with E-state index in [0.29, 0.717) is 59.9 Å². The fraction of sp³-hybridized carbons (Fsp3) is 0.721. The summed E-state index contributed by atoms with van der Waals surface area (Å²) in [6.07, 6.45) is 12.5. The summed E-state index contributed by atoms with van der Waals surface area (Å²) in [6.45, 7) is 34.8. The molecule has 0 bridgehead atoms. The van der Waals surface area contributed by atoms with Crippen LogP contribution in [0.5, 0.6) is 0 Å². The van der Waals surface area contributed by atoms with Crippen molar-refractivity contribution in [2.45, 2.75) is 211 Å². The fourth-order valence-corrected chi connectivity index (χ4v) is 9.83. The second-order valence-corrected chi connectivity index (χ2v) is 24.0. The van der Waals surface area contributed by atoms with Crippen molar-refractivity contribution in [3.63, 3.8) is 0 Å². The Morgan fingerprint density at radius 2 is 1.32 bits per heavy atom. The molecule has 90 heavy (non-hydrogen) atoms. The van der Waals surface area contributed by atoms with Crippen molar-refractivity contribution in [3.8, 4) is 0 Å². The molecule has 1 aromatic carbocycles. The van der Waals surface area contributed by atoms with E-state index in [0.717, 1.165) is 37.2 Å². The van der Waals surface area contributed by atoms with E-state index in [1.165, 1.54) is 31.7 Å². The molecule has 0 spiro atoms. The van der Waals surface area contributed by atoms with Gasteiger partial charge in [-0.25, -0.2) is 9.97 Å². The Labute approximate surface area is 551 Å². The first-order valence-corrected chi connectivity index (χ1v) is 33.6. The molecular formula is C68H123BrN10O11. The van der Waals surface area contributed by atoms with Crippen molar-refractivity contribution in [1.29, 1.82) is 0 Å². The van der Waals surface area contributed by atoms with E-state index >= 15 is 0 Å². The van der Waals surface area contributed by atoms with Gasteiger partial charge in [-0.2, -0.15) is 0 Å². The number of rotatable bonds is 35. The van der Waals surface area contributed by atoms with Crippen LogP contribution < -0.4 is 26.6 Å². The predicted octanol–water partition coefficient (Wildman–Crippen LogP) is 10.3. The van der Waals surface area contributed by atoms with E-state index in [4.69, 9.17) is 9.84 Å². The summed E-state index contributed by atoms with van der Waals surface area (Å²) in [5.74, 6) is 0.675. The molecule has 21 nitrogen and oxygen atoms in total. The number of methoxy groups -OCH3 is 1. The summed E-state index contributed by atoms with van der Waals surface area (Å²) in [6, 6.07) is 6.89. The smallest absolute Gasteiger partial charge is 0.303 e. The van der Waals surface area contributed by atoms with Crippen LogP contribution in [0.25, 0.3) is 0 Å². The maximum Gasteiger partial charge on any atom is 0.303 e. The number of likely N-dealkylation sites (N-methyl/N-ethyl adjacent to an activating group) is 4. The lowest BCUT2D eigenvalue weighted by atomic mass is 9.76. The second kappa shape index (κ2) is 53.9. The van der Waals surface area contributed by atoms with Crippen molar-refractivity contribution in [2.24, 2.45) is 41.4 Å². The molecule has 2 aromatic rings. The van der Waals surface area contributed by atoms with Crippen molar-refractivity contribution < 1.29 is 53.0 Å². The van der Waals surface area contributed by atoms with Crippen molar-refractivity contribution >= 4 is 75.1 Å². The van der Waals surface area contributed by atoms with Gasteiger partial charge < -0.3 is 55.8 Å². The number of aliphatic carboxylic acids is 1. The van der Waals surface area contributed by atoms with Gasteiger partial charge in [-0.3, -0.25) is 38.5 Å². The Morgan fingerprint density at radius 1 is 0.767 bits per heavy atom. The number of anilines is 1. The molecule has 0 saturated carbocycles. The van der Waals surface area contributed by atoms with Gasteiger partial charge in [0.15, 0.2) is 0 Å². The lowest BCUT2D eigenvalue weighted by Crippen LogP contribution is -2.53. The fourth-order valence-electron chi connectivity index (χ4n) is 9.54. The Hall–Kier alpha value is -5.71. The molecule has 6 amide bonds. The molecule has 6 N–H and O–H groups in total. The number of carbonyl (C=O) groups excluding carboxylic acids is 8. The third-order valence-electron chi connectivity index (χ3n) is 15.4. The van der Waals surface area contributed by atoms with Gasteiger partial charge in [0.25, 0.3) is 5.91 Å². The minimum absolute atomic E-state index is 0.000963. The van der Waals surface area contributed by atoms with Gasteiger partial charge in [-0.05, 0) is 101 Å². The molecular weight excluding hydrogens is 1210 g/mol. The van der Waals surface area contributed by atoms with E-state index in [1.54, 1.807) is 44.7 Å². The van der Waals surface area contributed by atoms with E-state index in [1.807, 2.05) is 92.0 Å². The van der Waals surface area contributed by atoms with Crippen LogP contribution in [0.2, 0.25) is 0 Å². The molecule has 0 aliphatic rings. The van der Waals surface area contributed by atoms with Gasteiger partial charge in [0.05, 0.1) is 54.6 Å². The number of carboxylic acids is 1. The van der Waals surface area contributed by atoms with E-state index in [2.05, 4.69) is 115 Å². The van der Waals surface area contributed by atoms with Crippen LogP contribution in [0.4, 0.5) is 5.69 Å². The molecule has 0 aliphatic heterocycles. The lowest BCUT2D eigenvalue weighted by Gasteiger charge is -2.41. The highest BCUT2D eigenvalue weighted by molar-refractivity contribution is 9.08. The minimum atomic E-state index is -0.745. The number of hydrogen-bond acceptors (Lipinski definition) is 14. The van der Waals surface area contributed by atoms with Crippen LogP contribution in [-0.2, 0) is 54.8 Å². The molecule has 10 unspecified atom stereocenters. The largest absolute Gasteiger partial charge is 0.481 e. The van der Waals surface area contributed by atoms with Gasteiger partial charge in [-0.1, -0.05) is 170 Å². The quantitative estimate of drug-likeness (QED) is 0.0277. The highest BCUT2D eigenvalue weighted by Crippen LogP contribution is 2.32. The number of hydrogen-bond donors (Lipinski definition) is 6. The van der Waals surface area contributed by atoms with Crippen LogP contribution in [0.15, 0.2) is 36.7 Å². The van der Waals surface area contributed by atoms with Gasteiger partial charge in [0.1, 0.15) is 17.9 Å². The number of Topliss-reactive ketones (excluding diaryl/α,β-unsaturated/α-hetero) is 1. The second-order valence-electron chi connectivity index (χ2n) is 23.5. The zero-order valence-electron chi connectivity index (χ0n) is 59.6. The topological polar surface area (TPSA) is 279 Å². The number of ketones is 1. The molecule has 2 rings (SSSR count). The first-order valence-electron chi connectivity index (χ1n) is 32.5. The maximum atomic E-state index is 13.2. The molecule has 0 radical (unpaired) electrons. The Kier molecular flexibility index (Phi) is 54.3. The number of aromatic nitrogens is 2.